The van der Waals surface area contributed by atoms with E-state index in [0.717, 1.165) is 56.5 Å². The highest BCUT2D eigenvalue weighted by Crippen LogP contribution is 2.30. The summed E-state index contributed by atoms with van der Waals surface area (Å²) in [6.45, 7) is 7.35. The number of likely N-dealkylation sites (tertiary alicyclic amines) is 1. The fourth-order valence-corrected chi connectivity index (χ4v) is 4.74. The molecule has 2 aromatic rings. The van der Waals surface area contributed by atoms with Gasteiger partial charge in [-0.3, -0.25) is 9.69 Å². The molecule has 0 spiro atoms. The molecule has 5 nitrogen and oxygen atoms in total. The molecule has 0 bridgehead atoms. The van der Waals surface area contributed by atoms with Crippen molar-refractivity contribution in [2.24, 2.45) is 0 Å². The first kappa shape index (κ1) is 22.5. The fourth-order valence-electron chi connectivity index (χ4n) is 4.74. The molecule has 2 saturated heterocycles. The van der Waals surface area contributed by atoms with E-state index in [4.69, 9.17) is 4.74 Å². The standard InChI is InChI=1S/C25H31F2N3O2/c1-2-32-24-6-4-3-5-23(24)29-15-13-28(14-16-29)20-8-10-25(31)30(12-11-20)18-19-7-9-21(26)22(27)17-19/h3-7,9,17,20H,2,8,10-16,18H2,1H3/t20-/m1/s1. The van der Waals surface area contributed by atoms with Crippen LogP contribution in [0, 0.1) is 11.6 Å². The van der Waals surface area contributed by atoms with Gasteiger partial charge in [-0.05, 0) is 49.6 Å². The van der Waals surface area contributed by atoms with E-state index in [2.05, 4.69) is 15.9 Å². The molecule has 32 heavy (non-hydrogen) atoms. The van der Waals surface area contributed by atoms with Gasteiger partial charge < -0.3 is 14.5 Å². The number of carbonyl (C=O) groups excluding carboxylic acids is 1. The van der Waals surface area contributed by atoms with Crippen molar-refractivity contribution in [1.82, 2.24) is 9.80 Å². The highest BCUT2D eigenvalue weighted by molar-refractivity contribution is 5.76. The molecule has 4 rings (SSSR count). The fraction of sp³-hybridized carbons (Fsp3) is 0.480. The summed E-state index contributed by atoms with van der Waals surface area (Å²) in [5.74, 6) is -0.719. The van der Waals surface area contributed by atoms with E-state index in [0.29, 0.717) is 37.7 Å². The number of piperazine rings is 1. The second-order valence-electron chi connectivity index (χ2n) is 8.47. The zero-order valence-corrected chi connectivity index (χ0v) is 18.6. The summed E-state index contributed by atoms with van der Waals surface area (Å²) in [4.78, 5) is 19.3. The Labute approximate surface area is 188 Å². The maximum absolute atomic E-state index is 13.5. The Balaban J connectivity index is 1.33. The van der Waals surface area contributed by atoms with Crippen LogP contribution in [0.3, 0.4) is 0 Å². The van der Waals surface area contributed by atoms with Crippen LogP contribution in [0.25, 0.3) is 0 Å². The highest BCUT2D eigenvalue weighted by Gasteiger charge is 2.29. The second kappa shape index (κ2) is 10.3. The first-order chi connectivity index (χ1) is 15.5. The Hall–Kier alpha value is -2.67. The average molecular weight is 444 g/mol. The van der Waals surface area contributed by atoms with Crippen molar-refractivity contribution < 1.29 is 18.3 Å². The zero-order valence-electron chi connectivity index (χ0n) is 18.6. The first-order valence-corrected chi connectivity index (χ1v) is 11.5. The lowest BCUT2D eigenvalue weighted by molar-refractivity contribution is -0.131. The van der Waals surface area contributed by atoms with Crippen molar-refractivity contribution in [2.75, 3.05) is 44.2 Å². The third-order valence-corrected chi connectivity index (χ3v) is 6.47. The van der Waals surface area contributed by atoms with Gasteiger partial charge in [-0.1, -0.05) is 18.2 Å². The molecule has 7 heteroatoms. The Kier molecular flexibility index (Phi) is 7.25. The SMILES string of the molecule is CCOc1ccccc1N1CCN([C@@H]2CCC(=O)N(Cc3ccc(F)c(F)c3)CC2)CC1. The van der Waals surface area contributed by atoms with Gasteiger partial charge in [-0.15, -0.1) is 0 Å². The predicted molar refractivity (Wildman–Crippen MR) is 121 cm³/mol. The number of carbonyl (C=O) groups is 1. The van der Waals surface area contributed by atoms with Gasteiger partial charge in [0.05, 0.1) is 12.3 Å². The molecule has 0 aromatic heterocycles. The number of ether oxygens (including phenoxy) is 1. The van der Waals surface area contributed by atoms with Gasteiger partial charge >= 0.3 is 0 Å². The number of para-hydroxylation sites is 2. The van der Waals surface area contributed by atoms with Crippen LogP contribution in [-0.4, -0.2) is 61.1 Å². The molecule has 2 aromatic carbocycles. The third kappa shape index (κ3) is 5.21. The average Bonchev–Trinajstić information content (AvgIpc) is 2.99. The van der Waals surface area contributed by atoms with Crippen LogP contribution in [0.15, 0.2) is 42.5 Å². The molecule has 172 valence electrons. The van der Waals surface area contributed by atoms with Crippen molar-refractivity contribution in [2.45, 2.75) is 38.8 Å². The predicted octanol–water partition coefficient (Wildman–Crippen LogP) is 4.07. The monoisotopic (exact) mass is 443 g/mol. The topological polar surface area (TPSA) is 36.0 Å². The van der Waals surface area contributed by atoms with Crippen molar-refractivity contribution in [3.63, 3.8) is 0 Å². The van der Waals surface area contributed by atoms with Crippen molar-refractivity contribution in [3.05, 3.63) is 59.7 Å². The van der Waals surface area contributed by atoms with E-state index in [1.807, 2.05) is 25.1 Å². The lowest BCUT2D eigenvalue weighted by Crippen LogP contribution is -2.50. The minimum atomic E-state index is -0.869. The summed E-state index contributed by atoms with van der Waals surface area (Å²) in [5.41, 5.74) is 1.76. The van der Waals surface area contributed by atoms with Crippen LogP contribution >= 0.6 is 0 Å². The van der Waals surface area contributed by atoms with Gasteiger partial charge in [-0.25, -0.2) is 8.78 Å². The molecule has 0 N–H and O–H groups in total. The van der Waals surface area contributed by atoms with Crippen molar-refractivity contribution >= 4 is 11.6 Å². The molecule has 2 aliphatic heterocycles. The molecule has 0 unspecified atom stereocenters. The molecule has 0 radical (unpaired) electrons. The smallest absolute Gasteiger partial charge is 0.222 e. The lowest BCUT2D eigenvalue weighted by atomic mass is 10.1. The number of benzene rings is 2. The maximum Gasteiger partial charge on any atom is 0.222 e. The minimum Gasteiger partial charge on any atom is -0.492 e. The Morgan fingerprint density at radius 2 is 1.75 bits per heavy atom. The van der Waals surface area contributed by atoms with E-state index in [1.165, 1.54) is 6.07 Å². The van der Waals surface area contributed by atoms with Crippen LogP contribution < -0.4 is 9.64 Å². The molecule has 2 fully saturated rings. The number of hydrogen-bond donors (Lipinski definition) is 0. The third-order valence-electron chi connectivity index (χ3n) is 6.47. The van der Waals surface area contributed by atoms with Gasteiger partial charge in [-0.2, -0.15) is 0 Å². The summed E-state index contributed by atoms with van der Waals surface area (Å²) in [5, 5.41) is 0. The number of anilines is 1. The zero-order chi connectivity index (χ0) is 22.5. The van der Waals surface area contributed by atoms with Gasteiger partial charge in [0.15, 0.2) is 11.6 Å². The molecular weight excluding hydrogens is 412 g/mol. The number of nitrogens with zero attached hydrogens (tertiary/aromatic N) is 3. The molecule has 2 heterocycles. The van der Waals surface area contributed by atoms with Crippen LogP contribution in [0.1, 0.15) is 31.7 Å². The maximum atomic E-state index is 13.5. The quantitative estimate of drug-likeness (QED) is 0.675. The number of halogens is 2. The highest BCUT2D eigenvalue weighted by atomic mass is 19.2. The van der Waals surface area contributed by atoms with Crippen molar-refractivity contribution in [1.29, 1.82) is 0 Å². The Morgan fingerprint density at radius 1 is 0.969 bits per heavy atom. The van der Waals surface area contributed by atoms with Gasteiger partial charge in [0, 0.05) is 51.7 Å². The van der Waals surface area contributed by atoms with Gasteiger partial charge in [0.25, 0.3) is 0 Å². The van der Waals surface area contributed by atoms with Crippen LogP contribution in [0.5, 0.6) is 5.75 Å². The minimum absolute atomic E-state index is 0.0847. The van der Waals surface area contributed by atoms with E-state index in [-0.39, 0.29) is 5.91 Å². The van der Waals surface area contributed by atoms with Crippen LogP contribution in [0.2, 0.25) is 0 Å². The summed E-state index contributed by atoms with van der Waals surface area (Å²) < 4.78 is 32.5. The number of amides is 1. The normalized spacial score (nSPS) is 20.3. The number of hydrogen-bond acceptors (Lipinski definition) is 4. The van der Waals surface area contributed by atoms with Gasteiger partial charge in [0.2, 0.25) is 5.91 Å². The van der Waals surface area contributed by atoms with Crippen LogP contribution in [-0.2, 0) is 11.3 Å². The van der Waals surface area contributed by atoms with E-state index in [9.17, 15) is 13.6 Å². The molecular formula is C25H31F2N3O2. The van der Waals surface area contributed by atoms with Gasteiger partial charge in [0.1, 0.15) is 5.75 Å². The largest absolute Gasteiger partial charge is 0.492 e. The summed E-state index contributed by atoms with van der Waals surface area (Å²) in [6, 6.07) is 12.4. The van der Waals surface area contributed by atoms with E-state index >= 15 is 0 Å². The molecule has 0 saturated carbocycles. The van der Waals surface area contributed by atoms with Crippen LogP contribution in [0.4, 0.5) is 14.5 Å². The molecule has 0 aliphatic carbocycles. The van der Waals surface area contributed by atoms with Crippen molar-refractivity contribution in [3.8, 4) is 5.75 Å². The Bertz CT molecular complexity index is 931. The molecule has 1 atom stereocenters. The molecule has 1 amide bonds. The summed E-state index contributed by atoms with van der Waals surface area (Å²) in [7, 11) is 0. The summed E-state index contributed by atoms with van der Waals surface area (Å²) >= 11 is 0. The molecule has 2 aliphatic rings. The van der Waals surface area contributed by atoms with E-state index < -0.39 is 11.6 Å². The second-order valence-corrected chi connectivity index (χ2v) is 8.47. The number of rotatable bonds is 6. The summed E-state index contributed by atoms with van der Waals surface area (Å²) in [6.07, 6.45) is 2.22. The first-order valence-electron chi connectivity index (χ1n) is 11.5. The van der Waals surface area contributed by atoms with E-state index in [1.54, 1.807) is 11.0 Å². The lowest BCUT2D eigenvalue weighted by Gasteiger charge is -2.40. The Morgan fingerprint density at radius 3 is 2.50 bits per heavy atom.